The lowest BCUT2D eigenvalue weighted by atomic mass is 10.2. The Morgan fingerprint density at radius 2 is 2.19 bits per heavy atom. The maximum absolute atomic E-state index is 12.8. The first-order chi connectivity index (χ1) is 7.75. The fourth-order valence-corrected chi connectivity index (χ4v) is 1.84. The van der Waals surface area contributed by atoms with E-state index in [1.54, 1.807) is 12.1 Å². The van der Waals surface area contributed by atoms with E-state index in [4.69, 9.17) is 4.74 Å². The van der Waals surface area contributed by atoms with Gasteiger partial charge in [0.15, 0.2) is 0 Å². The average molecular weight is 224 g/mol. The van der Waals surface area contributed by atoms with Gasteiger partial charge in [-0.15, -0.1) is 0 Å². The normalized spacial score (nSPS) is 20.8. The molecule has 0 spiro atoms. The van der Waals surface area contributed by atoms with Crippen molar-refractivity contribution in [3.05, 3.63) is 30.1 Å². The number of likely N-dealkylation sites (N-methyl/N-ethyl adjacent to an activating group) is 1. The molecule has 0 aromatic heterocycles. The zero-order valence-corrected chi connectivity index (χ0v) is 9.45. The molecule has 88 valence electrons. The van der Waals surface area contributed by atoms with E-state index in [2.05, 4.69) is 10.2 Å². The number of morpholine rings is 1. The molecule has 0 saturated carbocycles. The van der Waals surface area contributed by atoms with Gasteiger partial charge in [-0.2, -0.15) is 0 Å². The number of rotatable bonds is 3. The second kappa shape index (κ2) is 5.27. The van der Waals surface area contributed by atoms with Crippen molar-refractivity contribution in [1.29, 1.82) is 0 Å². The number of anilines is 1. The molecule has 1 N–H and O–H groups in total. The van der Waals surface area contributed by atoms with Crippen LogP contribution in [0.2, 0.25) is 0 Å². The molecule has 16 heavy (non-hydrogen) atoms. The molecule has 1 saturated heterocycles. The van der Waals surface area contributed by atoms with Crippen LogP contribution in [-0.2, 0) is 4.74 Å². The van der Waals surface area contributed by atoms with Crippen molar-refractivity contribution in [2.24, 2.45) is 0 Å². The smallest absolute Gasteiger partial charge is 0.123 e. The Morgan fingerprint density at radius 3 is 2.81 bits per heavy atom. The molecule has 1 unspecified atom stereocenters. The highest BCUT2D eigenvalue weighted by Gasteiger charge is 2.15. The zero-order valence-electron chi connectivity index (χ0n) is 9.45. The van der Waals surface area contributed by atoms with Crippen LogP contribution >= 0.6 is 0 Å². The van der Waals surface area contributed by atoms with Gasteiger partial charge in [-0.25, -0.2) is 4.39 Å². The molecule has 1 aliphatic rings. The standard InChI is InChI=1S/C12H17FN2O/c1-15(9-12-8-14-6-7-16-12)11-4-2-10(13)3-5-11/h2-5,12,14H,6-9H2,1H3. The fraction of sp³-hybridized carbons (Fsp3) is 0.500. The minimum atomic E-state index is -0.201. The quantitative estimate of drug-likeness (QED) is 0.836. The van der Waals surface area contributed by atoms with Gasteiger partial charge >= 0.3 is 0 Å². The molecule has 0 radical (unpaired) electrons. The van der Waals surface area contributed by atoms with Gasteiger partial charge in [0.25, 0.3) is 0 Å². The monoisotopic (exact) mass is 224 g/mol. The maximum Gasteiger partial charge on any atom is 0.123 e. The van der Waals surface area contributed by atoms with Crippen molar-refractivity contribution < 1.29 is 9.13 Å². The third-order valence-corrected chi connectivity index (χ3v) is 2.75. The van der Waals surface area contributed by atoms with Gasteiger partial charge < -0.3 is 15.0 Å². The van der Waals surface area contributed by atoms with E-state index in [9.17, 15) is 4.39 Å². The zero-order chi connectivity index (χ0) is 11.4. The molecule has 0 amide bonds. The minimum Gasteiger partial charge on any atom is -0.374 e. The highest BCUT2D eigenvalue weighted by atomic mass is 19.1. The Labute approximate surface area is 95.2 Å². The van der Waals surface area contributed by atoms with Gasteiger partial charge in [-0.1, -0.05) is 0 Å². The van der Waals surface area contributed by atoms with Gasteiger partial charge in [0, 0.05) is 32.4 Å². The summed E-state index contributed by atoms with van der Waals surface area (Å²) in [6.45, 7) is 3.39. The summed E-state index contributed by atoms with van der Waals surface area (Å²) in [7, 11) is 1.99. The number of hydrogen-bond donors (Lipinski definition) is 1. The van der Waals surface area contributed by atoms with E-state index in [0.29, 0.717) is 0 Å². The first-order valence-electron chi connectivity index (χ1n) is 5.55. The van der Waals surface area contributed by atoms with Crippen LogP contribution in [-0.4, -0.2) is 39.4 Å². The van der Waals surface area contributed by atoms with E-state index in [-0.39, 0.29) is 11.9 Å². The van der Waals surface area contributed by atoms with E-state index >= 15 is 0 Å². The molecular formula is C12H17FN2O. The lowest BCUT2D eigenvalue weighted by Gasteiger charge is -2.29. The van der Waals surface area contributed by atoms with Gasteiger partial charge in [-0.05, 0) is 24.3 Å². The SMILES string of the molecule is CN(CC1CNCCO1)c1ccc(F)cc1. The topological polar surface area (TPSA) is 24.5 Å². The number of halogens is 1. The van der Waals surface area contributed by atoms with Crippen molar-refractivity contribution in [2.45, 2.75) is 6.10 Å². The first-order valence-corrected chi connectivity index (χ1v) is 5.55. The van der Waals surface area contributed by atoms with E-state index in [1.165, 1.54) is 12.1 Å². The number of benzene rings is 1. The fourth-order valence-electron chi connectivity index (χ4n) is 1.84. The maximum atomic E-state index is 12.8. The second-order valence-corrected chi connectivity index (χ2v) is 4.05. The van der Waals surface area contributed by atoms with Crippen LogP contribution in [0.15, 0.2) is 24.3 Å². The highest BCUT2D eigenvalue weighted by molar-refractivity contribution is 5.45. The van der Waals surface area contributed by atoms with Crippen molar-refractivity contribution in [3.63, 3.8) is 0 Å². The van der Waals surface area contributed by atoms with Crippen molar-refractivity contribution in [3.8, 4) is 0 Å². The van der Waals surface area contributed by atoms with Crippen LogP contribution in [0.25, 0.3) is 0 Å². The molecule has 1 atom stereocenters. The molecule has 0 bridgehead atoms. The van der Waals surface area contributed by atoms with E-state index in [1.807, 2.05) is 7.05 Å². The number of hydrogen-bond acceptors (Lipinski definition) is 3. The summed E-state index contributed by atoms with van der Waals surface area (Å²) in [5.41, 5.74) is 1.01. The van der Waals surface area contributed by atoms with Crippen LogP contribution in [0.5, 0.6) is 0 Å². The summed E-state index contributed by atoms with van der Waals surface area (Å²) in [5.74, 6) is -0.201. The third kappa shape index (κ3) is 2.93. The predicted molar refractivity (Wildman–Crippen MR) is 62.3 cm³/mol. The summed E-state index contributed by atoms with van der Waals surface area (Å²) in [5, 5.41) is 3.29. The number of nitrogens with zero attached hydrogens (tertiary/aromatic N) is 1. The lowest BCUT2D eigenvalue weighted by molar-refractivity contribution is 0.0340. The summed E-state index contributed by atoms with van der Waals surface area (Å²) in [6, 6.07) is 6.52. The van der Waals surface area contributed by atoms with Crippen molar-refractivity contribution >= 4 is 5.69 Å². The first kappa shape index (κ1) is 11.4. The molecule has 0 aliphatic carbocycles. The Hall–Kier alpha value is -1.13. The van der Waals surface area contributed by atoms with Crippen LogP contribution in [0.1, 0.15) is 0 Å². The van der Waals surface area contributed by atoms with Crippen molar-refractivity contribution in [2.75, 3.05) is 38.2 Å². The number of nitrogens with one attached hydrogen (secondary N) is 1. The molecule has 4 heteroatoms. The minimum absolute atomic E-state index is 0.201. The molecule has 1 aromatic rings. The predicted octanol–water partition coefficient (Wildman–Crippen LogP) is 1.25. The van der Waals surface area contributed by atoms with Gasteiger partial charge in [0.05, 0.1) is 12.7 Å². The number of ether oxygens (including phenoxy) is 1. The molecule has 1 fully saturated rings. The summed E-state index contributed by atoms with van der Waals surface area (Å²) >= 11 is 0. The van der Waals surface area contributed by atoms with Crippen LogP contribution < -0.4 is 10.2 Å². The van der Waals surface area contributed by atoms with Gasteiger partial charge in [0.2, 0.25) is 0 Å². The van der Waals surface area contributed by atoms with Gasteiger partial charge in [-0.3, -0.25) is 0 Å². The lowest BCUT2D eigenvalue weighted by Crippen LogP contribution is -2.44. The van der Waals surface area contributed by atoms with Crippen LogP contribution in [0.3, 0.4) is 0 Å². The van der Waals surface area contributed by atoms with E-state index < -0.39 is 0 Å². The summed E-state index contributed by atoms with van der Waals surface area (Å²) in [4.78, 5) is 2.08. The Bertz CT molecular complexity index is 322. The molecular weight excluding hydrogens is 207 g/mol. The van der Waals surface area contributed by atoms with Crippen molar-refractivity contribution in [1.82, 2.24) is 5.32 Å². The molecule has 1 heterocycles. The Kier molecular flexibility index (Phi) is 3.74. The van der Waals surface area contributed by atoms with E-state index in [0.717, 1.165) is 31.9 Å². The van der Waals surface area contributed by atoms with Crippen LogP contribution in [0.4, 0.5) is 10.1 Å². The van der Waals surface area contributed by atoms with Crippen LogP contribution in [0, 0.1) is 5.82 Å². The highest BCUT2D eigenvalue weighted by Crippen LogP contribution is 2.14. The molecule has 1 aliphatic heterocycles. The van der Waals surface area contributed by atoms with Gasteiger partial charge in [0.1, 0.15) is 5.82 Å². The Balaban J connectivity index is 1.91. The average Bonchev–Trinajstić information content (AvgIpc) is 2.31. The summed E-state index contributed by atoms with van der Waals surface area (Å²) in [6.07, 6.45) is 0.212. The molecule has 3 nitrogen and oxygen atoms in total. The molecule has 1 aromatic carbocycles. The largest absolute Gasteiger partial charge is 0.374 e. The second-order valence-electron chi connectivity index (χ2n) is 4.05. The summed E-state index contributed by atoms with van der Waals surface area (Å²) < 4.78 is 18.4. The third-order valence-electron chi connectivity index (χ3n) is 2.75. The molecule has 2 rings (SSSR count). The Morgan fingerprint density at radius 1 is 1.44 bits per heavy atom.